The second kappa shape index (κ2) is 17.7. The van der Waals surface area contributed by atoms with Crippen molar-refractivity contribution in [1.82, 2.24) is 4.90 Å². The number of nitrogens with zero attached hydrogens (tertiary/aromatic N) is 1. The summed E-state index contributed by atoms with van der Waals surface area (Å²) in [5.41, 5.74) is 7.11. The van der Waals surface area contributed by atoms with Gasteiger partial charge in [-0.25, -0.2) is 4.79 Å². The van der Waals surface area contributed by atoms with Crippen LogP contribution in [0.2, 0.25) is 0 Å². The highest BCUT2D eigenvalue weighted by Crippen LogP contribution is 2.44. The van der Waals surface area contributed by atoms with E-state index in [1.165, 1.54) is 12.7 Å². The van der Waals surface area contributed by atoms with Crippen molar-refractivity contribution in [3.8, 4) is 0 Å². The fourth-order valence-electron chi connectivity index (χ4n) is 5.05. The third-order valence-corrected chi connectivity index (χ3v) is 9.28. The minimum Gasteiger partial charge on any atom is -0.480 e. The number of aliphatic carboxylic acids is 2. The molecule has 0 bridgehead atoms. The molecular formula is C31H40N2O8S2. The number of nitrogens with two attached hydrogens (primary N) is 1. The van der Waals surface area contributed by atoms with Crippen LogP contribution < -0.4 is 5.73 Å². The standard InChI is InChI=1S/C15H17NO3S.C13H16O3.C3H7NO2S/c1-9-11(10-5-3-2-4-6-10)7-13-16(14(9)17)12(8-20-13)15(18)19;1-10(13(15)16-2)12(8-9-14)11-6-4-3-5-7-11;4-2(1-7)3(5)6/h2-6,9,11-13H,7-8H2,1H3,(H,18,19);3-7,9-10,12H,8H2,1-2H3;2,7H,1,4H2,(H,5,6)/t9-,11+,12-,13?;10-,12+;2-/m000/s1. The molecule has 234 valence electrons. The van der Waals surface area contributed by atoms with Gasteiger partial charge < -0.3 is 30.4 Å². The number of amides is 1. The quantitative estimate of drug-likeness (QED) is 0.182. The summed E-state index contributed by atoms with van der Waals surface area (Å²) in [5, 5.41) is 17.2. The summed E-state index contributed by atoms with van der Waals surface area (Å²) < 4.78 is 4.71. The summed E-state index contributed by atoms with van der Waals surface area (Å²) in [6.07, 6.45) is 2.02. The third-order valence-electron chi connectivity index (χ3n) is 7.58. The molecule has 10 nitrogen and oxygen atoms in total. The number of carboxylic acid groups (broad SMARTS) is 2. The maximum absolute atomic E-state index is 12.6. The number of methoxy groups -OCH3 is 1. The van der Waals surface area contributed by atoms with Crippen LogP contribution in [0, 0.1) is 11.8 Å². The molecule has 4 N–H and O–H groups in total. The fraction of sp³-hybridized carbons (Fsp3) is 0.452. The van der Waals surface area contributed by atoms with E-state index in [1.54, 1.807) is 23.6 Å². The number of hydrogen-bond donors (Lipinski definition) is 4. The van der Waals surface area contributed by atoms with E-state index >= 15 is 0 Å². The Morgan fingerprint density at radius 1 is 1.12 bits per heavy atom. The molecule has 2 aliphatic rings. The minimum absolute atomic E-state index is 0.00464. The highest BCUT2D eigenvalue weighted by molar-refractivity contribution is 8.00. The molecule has 2 aromatic rings. The molecule has 7 atom stereocenters. The molecule has 12 heteroatoms. The van der Waals surface area contributed by atoms with Crippen molar-refractivity contribution in [3.05, 3.63) is 71.8 Å². The summed E-state index contributed by atoms with van der Waals surface area (Å²) in [7, 11) is 1.36. The fourth-order valence-corrected chi connectivity index (χ4v) is 6.66. The van der Waals surface area contributed by atoms with E-state index in [9.17, 15) is 29.1 Å². The van der Waals surface area contributed by atoms with Gasteiger partial charge in [0.1, 0.15) is 18.4 Å². The number of rotatable bonds is 9. The third kappa shape index (κ3) is 9.84. The van der Waals surface area contributed by atoms with Gasteiger partial charge in [-0.15, -0.1) is 11.8 Å². The molecule has 4 rings (SSSR count). The van der Waals surface area contributed by atoms with Crippen molar-refractivity contribution in [2.75, 3.05) is 18.6 Å². The van der Waals surface area contributed by atoms with Gasteiger partial charge in [0.15, 0.2) is 0 Å². The molecule has 2 fully saturated rings. The zero-order valence-electron chi connectivity index (χ0n) is 24.4. The number of carboxylic acids is 2. The van der Waals surface area contributed by atoms with Crippen LogP contribution in [0.25, 0.3) is 0 Å². The number of ether oxygens (including phenoxy) is 1. The lowest BCUT2D eigenvalue weighted by Gasteiger charge is -2.40. The molecule has 0 saturated carbocycles. The number of benzene rings is 2. The average molecular weight is 633 g/mol. The lowest BCUT2D eigenvalue weighted by molar-refractivity contribution is -0.153. The highest BCUT2D eigenvalue weighted by Gasteiger charge is 2.49. The number of carbonyl (C=O) groups excluding carboxylic acids is 3. The topological polar surface area (TPSA) is 164 Å². The first kappa shape index (κ1) is 35.8. The van der Waals surface area contributed by atoms with Crippen molar-refractivity contribution in [2.24, 2.45) is 17.6 Å². The van der Waals surface area contributed by atoms with E-state index in [4.69, 9.17) is 15.6 Å². The van der Waals surface area contributed by atoms with Gasteiger partial charge in [0.25, 0.3) is 0 Å². The largest absolute Gasteiger partial charge is 0.480 e. The van der Waals surface area contributed by atoms with Crippen LogP contribution in [0.3, 0.4) is 0 Å². The SMILES string of the molecule is COC(=O)[C@@H](C)[C@@H](CC=O)c1ccccc1.C[C@@H]1C(=O)N2C(C[C@H]1c1ccccc1)SC[C@H]2C(=O)O.N[C@@H](CS)C(=O)O. The molecule has 43 heavy (non-hydrogen) atoms. The van der Waals surface area contributed by atoms with E-state index in [-0.39, 0.29) is 46.7 Å². The zero-order chi connectivity index (χ0) is 32.1. The minimum atomic E-state index is -1.00. The number of carbonyl (C=O) groups is 5. The van der Waals surface area contributed by atoms with Crippen LogP contribution in [-0.4, -0.2) is 81.3 Å². The number of esters is 1. The smallest absolute Gasteiger partial charge is 0.327 e. The van der Waals surface area contributed by atoms with Gasteiger partial charge in [-0.05, 0) is 23.5 Å². The molecule has 2 aliphatic heterocycles. The van der Waals surface area contributed by atoms with E-state index in [1.807, 2.05) is 55.5 Å². The Bertz CT molecular complexity index is 1220. The maximum Gasteiger partial charge on any atom is 0.327 e. The average Bonchev–Trinajstić information content (AvgIpc) is 3.46. The number of hydrogen-bond acceptors (Lipinski definition) is 9. The lowest BCUT2D eigenvalue weighted by Crippen LogP contribution is -2.52. The molecule has 2 aromatic carbocycles. The van der Waals surface area contributed by atoms with Crippen molar-refractivity contribution in [3.63, 3.8) is 0 Å². The first-order chi connectivity index (χ1) is 20.5. The summed E-state index contributed by atoms with van der Waals surface area (Å²) in [5.74, 6) is -1.89. The van der Waals surface area contributed by atoms with E-state index in [0.29, 0.717) is 12.2 Å². The molecule has 0 aliphatic carbocycles. The predicted octanol–water partition coefficient (Wildman–Crippen LogP) is 3.66. The first-order valence-corrected chi connectivity index (χ1v) is 15.5. The molecule has 2 saturated heterocycles. The van der Waals surface area contributed by atoms with Crippen molar-refractivity contribution in [1.29, 1.82) is 0 Å². The maximum atomic E-state index is 12.6. The van der Waals surface area contributed by atoms with Gasteiger partial charge in [-0.3, -0.25) is 14.4 Å². The molecule has 1 unspecified atom stereocenters. The second-order valence-electron chi connectivity index (χ2n) is 10.3. The summed E-state index contributed by atoms with van der Waals surface area (Å²) >= 11 is 5.24. The van der Waals surface area contributed by atoms with Gasteiger partial charge in [-0.2, -0.15) is 12.6 Å². The molecule has 1 amide bonds. The summed E-state index contributed by atoms with van der Waals surface area (Å²) in [4.78, 5) is 57.3. The summed E-state index contributed by atoms with van der Waals surface area (Å²) in [6, 6.07) is 18.1. The Labute approximate surface area is 261 Å². The van der Waals surface area contributed by atoms with E-state index in [0.717, 1.165) is 18.3 Å². The van der Waals surface area contributed by atoms with Crippen LogP contribution in [0.5, 0.6) is 0 Å². The Hall–Kier alpha value is -3.35. The summed E-state index contributed by atoms with van der Waals surface area (Å²) in [6.45, 7) is 3.70. The van der Waals surface area contributed by atoms with Crippen LogP contribution in [0.15, 0.2) is 60.7 Å². The molecule has 0 radical (unpaired) electrons. The molecular weight excluding hydrogens is 592 g/mol. The predicted molar refractivity (Wildman–Crippen MR) is 168 cm³/mol. The Balaban J connectivity index is 0.000000252. The van der Waals surface area contributed by atoms with Crippen LogP contribution >= 0.6 is 24.4 Å². The van der Waals surface area contributed by atoms with Crippen molar-refractivity contribution >= 4 is 54.5 Å². The van der Waals surface area contributed by atoms with E-state index in [2.05, 4.69) is 24.8 Å². The number of aldehydes is 1. The van der Waals surface area contributed by atoms with E-state index < -0.39 is 24.0 Å². The number of piperidine rings is 1. The van der Waals surface area contributed by atoms with Crippen LogP contribution in [0.4, 0.5) is 0 Å². The highest BCUT2D eigenvalue weighted by atomic mass is 32.2. The van der Waals surface area contributed by atoms with Gasteiger partial charge in [0, 0.05) is 29.8 Å². The van der Waals surface area contributed by atoms with Crippen LogP contribution in [-0.2, 0) is 28.7 Å². The Morgan fingerprint density at radius 3 is 2.16 bits per heavy atom. The number of fused-ring (bicyclic) bond motifs is 1. The molecule has 2 heterocycles. The Kier molecular flexibility index (Phi) is 14.7. The van der Waals surface area contributed by atoms with Crippen LogP contribution in [0.1, 0.15) is 49.7 Å². The molecule has 0 spiro atoms. The van der Waals surface area contributed by atoms with Gasteiger partial charge >= 0.3 is 17.9 Å². The zero-order valence-corrected chi connectivity index (χ0v) is 26.2. The lowest BCUT2D eigenvalue weighted by atomic mass is 9.80. The van der Waals surface area contributed by atoms with Crippen molar-refractivity contribution in [2.45, 2.75) is 56.0 Å². The Morgan fingerprint density at radius 2 is 1.70 bits per heavy atom. The second-order valence-corrected chi connectivity index (χ2v) is 11.9. The first-order valence-electron chi connectivity index (χ1n) is 13.9. The molecule has 0 aromatic heterocycles. The van der Waals surface area contributed by atoms with Gasteiger partial charge in [-0.1, -0.05) is 74.5 Å². The number of thioether (sulfide) groups is 1. The van der Waals surface area contributed by atoms with Crippen molar-refractivity contribution < 1.29 is 38.9 Å². The van der Waals surface area contributed by atoms with Gasteiger partial charge in [0.2, 0.25) is 5.91 Å². The van der Waals surface area contributed by atoms with Gasteiger partial charge in [0.05, 0.1) is 18.4 Å². The monoisotopic (exact) mass is 632 g/mol. The number of thiol groups is 1. The normalized spacial score (nSPS) is 22.7.